The summed E-state index contributed by atoms with van der Waals surface area (Å²) < 4.78 is 10.3. The number of ether oxygens (including phenoxy) is 1. The van der Waals surface area contributed by atoms with E-state index in [1.165, 1.54) is 11.0 Å². The van der Waals surface area contributed by atoms with Gasteiger partial charge in [0.15, 0.2) is 11.5 Å². The molecule has 0 aliphatic carbocycles. The first-order valence-electron chi connectivity index (χ1n) is 7.80. The molecule has 1 unspecified atom stereocenters. The fourth-order valence-electron chi connectivity index (χ4n) is 2.62. The minimum absolute atomic E-state index is 0.0697. The van der Waals surface area contributed by atoms with Crippen LogP contribution in [-0.2, 0) is 4.74 Å². The standard InChI is InChI=1S/C16H23N3O5/c1-9-6-12(17-22)11(14(20)13-7-10(2)24-18-13)8-19(9)15(21)23-16(3,4)5/h7,9,11,22H,6,8H2,1-5H3/b17-12+/t9-,11?/m0/s1. The highest BCUT2D eigenvalue weighted by Gasteiger charge is 2.40. The summed E-state index contributed by atoms with van der Waals surface area (Å²) in [5.74, 6) is -0.614. The molecular formula is C16H23N3O5. The quantitative estimate of drug-likeness (QED) is 0.505. The van der Waals surface area contributed by atoms with Gasteiger partial charge >= 0.3 is 6.09 Å². The third-order valence-corrected chi connectivity index (χ3v) is 3.77. The number of likely N-dealkylation sites (tertiary alicyclic amines) is 1. The zero-order valence-corrected chi connectivity index (χ0v) is 14.6. The summed E-state index contributed by atoms with van der Waals surface area (Å²) in [5.41, 5.74) is -0.157. The number of nitrogens with zero attached hydrogens (tertiary/aromatic N) is 3. The number of ketones is 1. The van der Waals surface area contributed by atoms with Gasteiger partial charge in [0.2, 0.25) is 0 Å². The van der Waals surface area contributed by atoms with Crippen molar-refractivity contribution < 1.29 is 24.1 Å². The first-order chi connectivity index (χ1) is 11.1. The van der Waals surface area contributed by atoms with Gasteiger partial charge in [0.25, 0.3) is 0 Å². The zero-order valence-electron chi connectivity index (χ0n) is 14.6. The lowest BCUT2D eigenvalue weighted by atomic mass is 9.87. The molecule has 2 rings (SSSR count). The fourth-order valence-corrected chi connectivity index (χ4v) is 2.62. The van der Waals surface area contributed by atoms with Crippen LogP contribution in [0.4, 0.5) is 4.79 Å². The molecule has 1 aromatic heterocycles. The van der Waals surface area contributed by atoms with E-state index in [4.69, 9.17) is 9.26 Å². The van der Waals surface area contributed by atoms with Crippen LogP contribution in [0.1, 0.15) is 50.4 Å². The average Bonchev–Trinajstić information content (AvgIpc) is 2.90. The highest BCUT2D eigenvalue weighted by molar-refractivity contribution is 6.12. The number of hydrogen-bond donors (Lipinski definition) is 1. The molecule has 1 aliphatic rings. The molecule has 0 bridgehead atoms. The maximum Gasteiger partial charge on any atom is 0.410 e. The van der Waals surface area contributed by atoms with Gasteiger partial charge in [-0.15, -0.1) is 0 Å². The van der Waals surface area contributed by atoms with Gasteiger partial charge in [-0.05, 0) is 34.6 Å². The zero-order chi connectivity index (χ0) is 18.1. The number of rotatable bonds is 2. The normalized spacial score (nSPS) is 23.4. The number of piperidine rings is 1. The first kappa shape index (κ1) is 18.0. The van der Waals surface area contributed by atoms with Gasteiger partial charge < -0.3 is 19.4 Å². The van der Waals surface area contributed by atoms with Crippen molar-refractivity contribution in [2.75, 3.05) is 6.54 Å². The van der Waals surface area contributed by atoms with E-state index in [1.807, 2.05) is 6.92 Å². The van der Waals surface area contributed by atoms with E-state index in [0.29, 0.717) is 11.5 Å². The Morgan fingerprint density at radius 1 is 1.46 bits per heavy atom. The molecule has 8 nitrogen and oxygen atoms in total. The summed E-state index contributed by atoms with van der Waals surface area (Å²) in [6.45, 7) is 8.90. The molecule has 8 heteroatoms. The highest BCUT2D eigenvalue weighted by Crippen LogP contribution is 2.25. The lowest BCUT2D eigenvalue weighted by Crippen LogP contribution is -2.52. The Labute approximate surface area is 140 Å². The van der Waals surface area contributed by atoms with E-state index < -0.39 is 17.6 Å². The number of oxime groups is 1. The topological polar surface area (TPSA) is 105 Å². The van der Waals surface area contributed by atoms with Gasteiger partial charge in [0.05, 0.1) is 11.6 Å². The molecule has 0 saturated carbocycles. The summed E-state index contributed by atoms with van der Waals surface area (Å²) in [6.07, 6.45) is -0.218. The fraction of sp³-hybridized carbons (Fsp3) is 0.625. The summed E-state index contributed by atoms with van der Waals surface area (Å²) in [5, 5.41) is 16.2. The van der Waals surface area contributed by atoms with Crippen LogP contribution in [-0.4, -0.2) is 51.0 Å². The Bertz CT molecular complexity index is 659. The van der Waals surface area contributed by atoms with Gasteiger partial charge in [-0.25, -0.2) is 4.79 Å². The Kier molecular flexibility index (Phi) is 4.96. The van der Waals surface area contributed by atoms with Gasteiger partial charge in [-0.3, -0.25) is 4.79 Å². The monoisotopic (exact) mass is 337 g/mol. The lowest BCUT2D eigenvalue weighted by molar-refractivity contribution is 0.0141. The summed E-state index contributed by atoms with van der Waals surface area (Å²) in [4.78, 5) is 26.5. The molecule has 2 heterocycles. The SMILES string of the molecule is Cc1cc(C(=O)C2CN(C(=O)OC(C)(C)C)[C@@H](C)C/C2=N\O)no1. The number of Topliss-reactive ketones (excluding diaryl/α,β-unsaturated/α-hetero) is 1. The van der Waals surface area contributed by atoms with Crippen molar-refractivity contribution in [2.45, 2.75) is 52.7 Å². The predicted octanol–water partition coefficient (Wildman–Crippen LogP) is 2.64. The molecule has 1 saturated heterocycles. The van der Waals surface area contributed by atoms with Crippen LogP contribution in [0.25, 0.3) is 0 Å². The van der Waals surface area contributed by atoms with Crippen LogP contribution in [0.3, 0.4) is 0 Å². The number of aromatic nitrogens is 1. The van der Waals surface area contributed by atoms with E-state index in [2.05, 4.69) is 10.3 Å². The summed E-state index contributed by atoms with van der Waals surface area (Å²) in [6, 6.07) is 1.28. The second-order valence-corrected chi connectivity index (χ2v) is 7.02. The van der Waals surface area contributed by atoms with Crippen molar-refractivity contribution in [1.82, 2.24) is 10.1 Å². The van der Waals surface area contributed by atoms with Crippen LogP contribution < -0.4 is 0 Å². The molecule has 24 heavy (non-hydrogen) atoms. The molecular weight excluding hydrogens is 314 g/mol. The highest BCUT2D eigenvalue weighted by atomic mass is 16.6. The third kappa shape index (κ3) is 3.93. The minimum atomic E-state index is -0.775. The third-order valence-electron chi connectivity index (χ3n) is 3.77. The number of carbonyl (C=O) groups is 2. The molecule has 0 radical (unpaired) electrons. The van der Waals surface area contributed by atoms with Crippen LogP contribution in [0.2, 0.25) is 0 Å². The molecule has 0 spiro atoms. The van der Waals surface area contributed by atoms with Crippen molar-refractivity contribution in [3.05, 3.63) is 17.5 Å². The maximum atomic E-state index is 12.6. The molecule has 2 atom stereocenters. The molecule has 1 fully saturated rings. The van der Waals surface area contributed by atoms with Gasteiger partial charge in [-0.2, -0.15) is 0 Å². The summed E-state index contributed by atoms with van der Waals surface area (Å²) in [7, 11) is 0. The van der Waals surface area contributed by atoms with Crippen molar-refractivity contribution in [2.24, 2.45) is 11.1 Å². The number of carbonyl (C=O) groups excluding carboxylic acids is 2. The van der Waals surface area contributed by atoms with Crippen LogP contribution in [0, 0.1) is 12.8 Å². The smallest absolute Gasteiger partial charge is 0.410 e. The molecule has 1 aliphatic heterocycles. The molecule has 1 N–H and O–H groups in total. The van der Waals surface area contributed by atoms with Gasteiger partial charge in [0, 0.05) is 25.1 Å². The van der Waals surface area contributed by atoms with Crippen LogP contribution in [0.5, 0.6) is 0 Å². The van der Waals surface area contributed by atoms with Crippen molar-refractivity contribution in [3.8, 4) is 0 Å². The van der Waals surface area contributed by atoms with Gasteiger partial charge in [-0.1, -0.05) is 10.3 Å². The summed E-state index contributed by atoms with van der Waals surface area (Å²) >= 11 is 0. The second kappa shape index (κ2) is 6.62. The Balaban J connectivity index is 2.23. The average molecular weight is 337 g/mol. The predicted molar refractivity (Wildman–Crippen MR) is 85.3 cm³/mol. The number of amides is 1. The Morgan fingerprint density at radius 3 is 2.62 bits per heavy atom. The van der Waals surface area contributed by atoms with Crippen molar-refractivity contribution >= 4 is 17.6 Å². The number of hydrogen-bond acceptors (Lipinski definition) is 7. The van der Waals surface area contributed by atoms with E-state index in [-0.39, 0.29) is 30.5 Å². The van der Waals surface area contributed by atoms with E-state index in [9.17, 15) is 14.8 Å². The second-order valence-electron chi connectivity index (χ2n) is 7.02. The van der Waals surface area contributed by atoms with E-state index >= 15 is 0 Å². The molecule has 1 aromatic rings. The lowest BCUT2D eigenvalue weighted by Gasteiger charge is -2.38. The molecule has 0 aromatic carbocycles. The van der Waals surface area contributed by atoms with E-state index in [0.717, 1.165) is 0 Å². The Morgan fingerprint density at radius 2 is 2.12 bits per heavy atom. The molecule has 132 valence electrons. The van der Waals surface area contributed by atoms with E-state index in [1.54, 1.807) is 27.7 Å². The maximum absolute atomic E-state index is 12.6. The minimum Gasteiger partial charge on any atom is -0.444 e. The van der Waals surface area contributed by atoms with Crippen LogP contribution in [0.15, 0.2) is 15.7 Å². The van der Waals surface area contributed by atoms with Crippen molar-refractivity contribution in [1.29, 1.82) is 0 Å². The Hall–Kier alpha value is -2.38. The molecule has 1 amide bonds. The van der Waals surface area contributed by atoms with Crippen molar-refractivity contribution in [3.63, 3.8) is 0 Å². The largest absolute Gasteiger partial charge is 0.444 e. The first-order valence-corrected chi connectivity index (χ1v) is 7.80. The number of aryl methyl sites for hydroxylation is 1. The van der Waals surface area contributed by atoms with Crippen LogP contribution >= 0.6 is 0 Å². The van der Waals surface area contributed by atoms with Gasteiger partial charge in [0.1, 0.15) is 11.4 Å².